The second-order valence-corrected chi connectivity index (χ2v) is 3.59. The van der Waals surface area contributed by atoms with Gasteiger partial charge in [-0.3, -0.25) is 0 Å². The summed E-state index contributed by atoms with van der Waals surface area (Å²) in [6.45, 7) is 0. The molecule has 2 heterocycles. The number of fused-ring (bicyclic) bond motifs is 1. The summed E-state index contributed by atoms with van der Waals surface area (Å²) < 4.78 is 1.80. The summed E-state index contributed by atoms with van der Waals surface area (Å²) >= 11 is 0. The molecule has 0 aliphatic carbocycles. The Hall–Kier alpha value is -2.36. The van der Waals surface area contributed by atoms with Gasteiger partial charge in [-0.05, 0) is 18.2 Å². The van der Waals surface area contributed by atoms with Crippen LogP contribution >= 0.6 is 0 Å². The third kappa shape index (κ3) is 1.40. The first-order valence-electron chi connectivity index (χ1n) is 4.99. The summed E-state index contributed by atoms with van der Waals surface area (Å²) in [4.78, 5) is 4.17. The number of pyridine rings is 1. The maximum atomic E-state index is 5.67. The predicted octanol–water partition coefficient (Wildman–Crippen LogP) is 2.00. The number of nitrogen functional groups attached to an aromatic ring is 1. The molecule has 0 atom stereocenters. The number of aromatic nitrogens is 3. The van der Waals surface area contributed by atoms with Crippen molar-refractivity contribution in [1.82, 2.24) is 14.8 Å². The van der Waals surface area contributed by atoms with E-state index in [1.807, 2.05) is 42.6 Å². The van der Waals surface area contributed by atoms with E-state index in [9.17, 15) is 0 Å². The molecular weight excluding hydrogens is 200 g/mol. The Morgan fingerprint density at radius 1 is 1.12 bits per heavy atom. The van der Waals surface area contributed by atoms with Gasteiger partial charge in [-0.15, -0.1) is 5.10 Å². The van der Waals surface area contributed by atoms with Gasteiger partial charge < -0.3 is 5.73 Å². The molecule has 2 aromatic heterocycles. The Morgan fingerprint density at radius 3 is 2.75 bits per heavy atom. The Bertz CT molecular complexity index is 628. The number of hydrogen-bond donors (Lipinski definition) is 1. The first kappa shape index (κ1) is 8.91. The van der Waals surface area contributed by atoms with Gasteiger partial charge in [0.2, 0.25) is 0 Å². The fourth-order valence-corrected chi connectivity index (χ4v) is 1.65. The molecule has 0 aliphatic rings. The van der Waals surface area contributed by atoms with Gasteiger partial charge in [0.05, 0.1) is 17.6 Å². The van der Waals surface area contributed by atoms with E-state index in [4.69, 9.17) is 5.73 Å². The average molecular weight is 210 g/mol. The van der Waals surface area contributed by atoms with E-state index in [0.717, 1.165) is 11.1 Å². The molecule has 0 unspecified atom stereocenters. The topological polar surface area (TPSA) is 56.7 Å². The zero-order chi connectivity index (χ0) is 11.0. The summed E-state index contributed by atoms with van der Waals surface area (Å²) in [6, 6.07) is 11.8. The van der Waals surface area contributed by atoms with E-state index in [1.165, 1.54) is 0 Å². The third-order valence-corrected chi connectivity index (χ3v) is 2.40. The molecule has 0 spiro atoms. The Balaban J connectivity index is 2.19. The molecule has 4 heteroatoms. The SMILES string of the molecule is Nc1cnc2nn(-c3ccccc3)cc2c1. The first-order chi connectivity index (χ1) is 7.83. The van der Waals surface area contributed by atoms with Gasteiger partial charge in [-0.25, -0.2) is 9.67 Å². The van der Waals surface area contributed by atoms with Crippen LogP contribution in [0.2, 0.25) is 0 Å². The molecule has 0 radical (unpaired) electrons. The highest BCUT2D eigenvalue weighted by Crippen LogP contribution is 2.15. The molecule has 3 aromatic rings. The normalized spacial score (nSPS) is 10.8. The number of nitrogens with two attached hydrogens (primary N) is 1. The van der Waals surface area contributed by atoms with Crippen molar-refractivity contribution in [1.29, 1.82) is 0 Å². The van der Waals surface area contributed by atoms with E-state index in [1.54, 1.807) is 10.9 Å². The lowest BCUT2D eigenvalue weighted by Crippen LogP contribution is -1.93. The lowest BCUT2D eigenvalue weighted by molar-refractivity contribution is 0.890. The van der Waals surface area contributed by atoms with Crippen molar-refractivity contribution < 1.29 is 0 Å². The zero-order valence-electron chi connectivity index (χ0n) is 8.54. The molecule has 0 aliphatic heterocycles. The van der Waals surface area contributed by atoms with Gasteiger partial charge in [-0.1, -0.05) is 18.2 Å². The van der Waals surface area contributed by atoms with Crippen molar-refractivity contribution in [2.75, 3.05) is 5.73 Å². The monoisotopic (exact) mass is 210 g/mol. The van der Waals surface area contributed by atoms with Crippen LogP contribution in [0.3, 0.4) is 0 Å². The number of nitrogens with zero attached hydrogens (tertiary/aromatic N) is 3. The second kappa shape index (κ2) is 3.34. The molecule has 0 bridgehead atoms. The number of hydrogen-bond acceptors (Lipinski definition) is 3. The highest BCUT2D eigenvalue weighted by Gasteiger charge is 2.03. The molecule has 0 saturated carbocycles. The minimum absolute atomic E-state index is 0.653. The van der Waals surface area contributed by atoms with Crippen molar-refractivity contribution in [2.24, 2.45) is 0 Å². The van der Waals surface area contributed by atoms with Crippen LogP contribution in [0.5, 0.6) is 0 Å². The first-order valence-corrected chi connectivity index (χ1v) is 4.99. The predicted molar refractivity (Wildman–Crippen MR) is 63.3 cm³/mol. The van der Waals surface area contributed by atoms with Crippen LogP contribution in [0, 0.1) is 0 Å². The van der Waals surface area contributed by atoms with E-state index in [-0.39, 0.29) is 0 Å². The van der Waals surface area contributed by atoms with Crippen LogP contribution in [-0.2, 0) is 0 Å². The molecule has 3 rings (SSSR count). The quantitative estimate of drug-likeness (QED) is 0.668. The molecule has 1 aromatic carbocycles. The van der Waals surface area contributed by atoms with E-state index in [0.29, 0.717) is 11.3 Å². The minimum atomic E-state index is 0.653. The van der Waals surface area contributed by atoms with Gasteiger partial charge in [0, 0.05) is 11.6 Å². The Morgan fingerprint density at radius 2 is 1.94 bits per heavy atom. The second-order valence-electron chi connectivity index (χ2n) is 3.59. The van der Waals surface area contributed by atoms with Gasteiger partial charge in [-0.2, -0.15) is 0 Å². The van der Waals surface area contributed by atoms with Crippen molar-refractivity contribution in [3.63, 3.8) is 0 Å². The highest BCUT2D eigenvalue weighted by atomic mass is 15.3. The highest BCUT2D eigenvalue weighted by molar-refractivity contribution is 5.77. The average Bonchev–Trinajstić information content (AvgIpc) is 2.73. The van der Waals surface area contributed by atoms with Crippen molar-refractivity contribution in [3.05, 3.63) is 48.8 Å². The lowest BCUT2D eigenvalue weighted by Gasteiger charge is -1.97. The lowest BCUT2D eigenvalue weighted by atomic mass is 10.3. The molecule has 78 valence electrons. The molecular formula is C12H10N4. The fraction of sp³-hybridized carbons (Fsp3) is 0. The van der Waals surface area contributed by atoms with Gasteiger partial charge in [0.25, 0.3) is 0 Å². The van der Waals surface area contributed by atoms with Crippen LogP contribution < -0.4 is 5.73 Å². The van der Waals surface area contributed by atoms with Crippen molar-refractivity contribution >= 4 is 16.7 Å². The maximum Gasteiger partial charge on any atom is 0.181 e. The van der Waals surface area contributed by atoms with Gasteiger partial charge >= 0.3 is 0 Å². The molecule has 2 N–H and O–H groups in total. The van der Waals surface area contributed by atoms with E-state index < -0.39 is 0 Å². The van der Waals surface area contributed by atoms with Crippen LogP contribution in [0.4, 0.5) is 5.69 Å². The summed E-state index contributed by atoms with van der Waals surface area (Å²) in [5, 5.41) is 5.32. The van der Waals surface area contributed by atoms with Crippen molar-refractivity contribution in [2.45, 2.75) is 0 Å². The smallest absolute Gasteiger partial charge is 0.181 e. The van der Waals surface area contributed by atoms with Crippen molar-refractivity contribution in [3.8, 4) is 5.69 Å². The molecule has 4 nitrogen and oxygen atoms in total. The summed E-state index contributed by atoms with van der Waals surface area (Å²) in [6.07, 6.45) is 3.54. The van der Waals surface area contributed by atoms with Gasteiger partial charge in [0.1, 0.15) is 0 Å². The molecule has 0 amide bonds. The van der Waals surface area contributed by atoms with Crippen LogP contribution in [0.25, 0.3) is 16.7 Å². The number of para-hydroxylation sites is 1. The molecule has 0 fully saturated rings. The van der Waals surface area contributed by atoms with Crippen LogP contribution in [0.15, 0.2) is 48.8 Å². The standard InChI is InChI=1S/C12H10N4/c13-10-6-9-8-16(15-12(9)14-7-10)11-4-2-1-3-5-11/h1-8H,13H2. The fourth-order valence-electron chi connectivity index (χ4n) is 1.65. The zero-order valence-corrected chi connectivity index (χ0v) is 8.54. The minimum Gasteiger partial charge on any atom is -0.397 e. The number of anilines is 1. The molecule has 16 heavy (non-hydrogen) atoms. The third-order valence-electron chi connectivity index (χ3n) is 2.40. The Kier molecular flexibility index (Phi) is 1.86. The van der Waals surface area contributed by atoms with Crippen LogP contribution in [0.1, 0.15) is 0 Å². The van der Waals surface area contributed by atoms with E-state index in [2.05, 4.69) is 10.1 Å². The number of benzene rings is 1. The van der Waals surface area contributed by atoms with Gasteiger partial charge in [0.15, 0.2) is 5.65 Å². The summed E-state index contributed by atoms with van der Waals surface area (Å²) in [5.41, 5.74) is 8.04. The summed E-state index contributed by atoms with van der Waals surface area (Å²) in [5.74, 6) is 0. The Labute approximate surface area is 92.3 Å². The number of rotatable bonds is 1. The van der Waals surface area contributed by atoms with E-state index >= 15 is 0 Å². The largest absolute Gasteiger partial charge is 0.397 e. The maximum absolute atomic E-state index is 5.67. The molecule has 0 saturated heterocycles. The summed E-state index contributed by atoms with van der Waals surface area (Å²) in [7, 11) is 0. The van der Waals surface area contributed by atoms with Crippen LogP contribution in [-0.4, -0.2) is 14.8 Å².